The minimum Gasteiger partial charge on any atom is -0.493 e. The molecule has 0 aromatic heterocycles. The Labute approximate surface area is 127 Å². The third kappa shape index (κ3) is 3.38. The first-order chi connectivity index (χ1) is 10.0. The van der Waals surface area contributed by atoms with Gasteiger partial charge in [-0.25, -0.2) is 0 Å². The molecule has 0 atom stereocenters. The summed E-state index contributed by atoms with van der Waals surface area (Å²) in [4.78, 5) is 12.2. The van der Waals surface area contributed by atoms with Crippen molar-refractivity contribution in [3.8, 4) is 11.5 Å². The Morgan fingerprint density at radius 3 is 2.43 bits per heavy atom. The lowest BCUT2D eigenvalue weighted by Gasteiger charge is -2.12. The highest BCUT2D eigenvalue weighted by Gasteiger charge is 2.13. The van der Waals surface area contributed by atoms with Crippen molar-refractivity contribution in [2.24, 2.45) is 0 Å². The van der Waals surface area contributed by atoms with E-state index in [0.717, 1.165) is 0 Å². The van der Waals surface area contributed by atoms with Gasteiger partial charge in [-0.1, -0.05) is 17.7 Å². The average Bonchev–Trinajstić information content (AvgIpc) is 2.48. The SMILES string of the molecule is COc1cc(Cl)c(NC(=O)c2cccc(N)c2)cc1OC. The van der Waals surface area contributed by atoms with Crippen LogP contribution in [-0.4, -0.2) is 20.1 Å². The minimum absolute atomic E-state index is 0.309. The predicted octanol–water partition coefficient (Wildman–Crippen LogP) is 3.19. The van der Waals surface area contributed by atoms with Crippen molar-refractivity contribution in [1.82, 2.24) is 0 Å². The number of methoxy groups -OCH3 is 2. The highest BCUT2D eigenvalue weighted by Crippen LogP contribution is 2.36. The third-order valence-electron chi connectivity index (χ3n) is 2.87. The predicted molar refractivity (Wildman–Crippen MR) is 83.4 cm³/mol. The summed E-state index contributed by atoms with van der Waals surface area (Å²) in [6, 6.07) is 9.85. The zero-order valence-electron chi connectivity index (χ0n) is 11.6. The van der Waals surface area contributed by atoms with Crippen LogP contribution in [0.3, 0.4) is 0 Å². The number of hydrogen-bond donors (Lipinski definition) is 2. The van der Waals surface area contributed by atoms with Crippen LogP contribution in [0.1, 0.15) is 10.4 Å². The minimum atomic E-state index is -0.309. The van der Waals surface area contributed by atoms with Gasteiger partial charge >= 0.3 is 0 Å². The summed E-state index contributed by atoms with van der Waals surface area (Å²) in [5.41, 5.74) is 7.05. The third-order valence-corrected chi connectivity index (χ3v) is 3.18. The molecule has 0 radical (unpaired) electrons. The van der Waals surface area contributed by atoms with Crippen LogP contribution in [0.2, 0.25) is 5.02 Å². The summed E-state index contributed by atoms with van der Waals surface area (Å²) in [7, 11) is 3.02. The molecule has 6 heteroatoms. The molecular formula is C15H15ClN2O3. The number of nitrogen functional groups attached to an aromatic ring is 1. The molecule has 0 spiro atoms. The van der Waals surface area contributed by atoms with E-state index in [1.807, 2.05) is 0 Å². The van der Waals surface area contributed by atoms with Crippen LogP contribution in [0.15, 0.2) is 36.4 Å². The number of halogens is 1. The molecule has 0 bridgehead atoms. The number of nitrogens with two attached hydrogens (primary N) is 1. The topological polar surface area (TPSA) is 73.6 Å². The lowest BCUT2D eigenvalue weighted by molar-refractivity contribution is 0.102. The van der Waals surface area contributed by atoms with E-state index in [0.29, 0.717) is 33.5 Å². The van der Waals surface area contributed by atoms with Gasteiger partial charge in [-0.2, -0.15) is 0 Å². The second-order valence-electron chi connectivity index (χ2n) is 4.27. The van der Waals surface area contributed by atoms with Gasteiger partial charge in [0, 0.05) is 23.4 Å². The van der Waals surface area contributed by atoms with Crippen LogP contribution in [0.25, 0.3) is 0 Å². The van der Waals surface area contributed by atoms with Gasteiger partial charge in [-0.05, 0) is 18.2 Å². The van der Waals surface area contributed by atoms with Crippen molar-refractivity contribution in [2.45, 2.75) is 0 Å². The number of amides is 1. The molecule has 21 heavy (non-hydrogen) atoms. The standard InChI is InChI=1S/C15H15ClN2O3/c1-20-13-7-11(16)12(8-14(13)21-2)18-15(19)9-4-3-5-10(17)6-9/h3-8H,17H2,1-2H3,(H,18,19). The maximum atomic E-state index is 12.2. The molecule has 0 saturated carbocycles. The van der Waals surface area contributed by atoms with Crippen molar-refractivity contribution in [2.75, 3.05) is 25.3 Å². The molecule has 2 aromatic rings. The van der Waals surface area contributed by atoms with Gasteiger partial charge in [0.2, 0.25) is 0 Å². The molecule has 2 aromatic carbocycles. The number of carbonyl (C=O) groups is 1. The van der Waals surface area contributed by atoms with E-state index in [-0.39, 0.29) is 5.91 Å². The van der Waals surface area contributed by atoms with E-state index in [9.17, 15) is 4.79 Å². The van der Waals surface area contributed by atoms with E-state index in [1.165, 1.54) is 14.2 Å². The fraction of sp³-hybridized carbons (Fsp3) is 0.133. The fourth-order valence-electron chi connectivity index (χ4n) is 1.82. The Morgan fingerprint density at radius 2 is 1.81 bits per heavy atom. The number of carbonyl (C=O) groups excluding carboxylic acids is 1. The number of benzene rings is 2. The van der Waals surface area contributed by atoms with Crippen molar-refractivity contribution in [3.63, 3.8) is 0 Å². The Balaban J connectivity index is 2.29. The lowest BCUT2D eigenvalue weighted by Crippen LogP contribution is -2.12. The van der Waals surface area contributed by atoms with E-state index in [1.54, 1.807) is 36.4 Å². The van der Waals surface area contributed by atoms with Crippen LogP contribution in [-0.2, 0) is 0 Å². The summed E-state index contributed by atoms with van der Waals surface area (Å²) in [6.45, 7) is 0. The van der Waals surface area contributed by atoms with Gasteiger partial charge in [-0.15, -0.1) is 0 Å². The van der Waals surface area contributed by atoms with Gasteiger partial charge in [0.25, 0.3) is 5.91 Å². The monoisotopic (exact) mass is 306 g/mol. The molecule has 3 N–H and O–H groups in total. The number of anilines is 2. The largest absolute Gasteiger partial charge is 0.493 e. The van der Waals surface area contributed by atoms with Crippen LogP contribution >= 0.6 is 11.6 Å². The molecule has 0 aliphatic carbocycles. The normalized spacial score (nSPS) is 10.0. The van der Waals surface area contributed by atoms with Gasteiger partial charge in [0.05, 0.1) is 24.9 Å². The van der Waals surface area contributed by atoms with Crippen LogP contribution < -0.4 is 20.5 Å². The molecule has 110 valence electrons. The first kappa shape index (κ1) is 15.0. The Kier molecular flexibility index (Phi) is 4.55. The molecule has 2 rings (SSSR count). The average molecular weight is 307 g/mol. The number of ether oxygens (including phenoxy) is 2. The molecule has 1 amide bonds. The fourth-order valence-corrected chi connectivity index (χ4v) is 2.03. The van der Waals surface area contributed by atoms with E-state index in [2.05, 4.69) is 5.32 Å². The second-order valence-corrected chi connectivity index (χ2v) is 4.67. The summed E-state index contributed by atoms with van der Waals surface area (Å²) < 4.78 is 10.3. The Morgan fingerprint density at radius 1 is 1.14 bits per heavy atom. The number of hydrogen-bond acceptors (Lipinski definition) is 4. The lowest BCUT2D eigenvalue weighted by atomic mass is 10.2. The van der Waals surface area contributed by atoms with Gasteiger partial charge in [0.1, 0.15) is 0 Å². The van der Waals surface area contributed by atoms with Crippen molar-refractivity contribution >= 4 is 28.9 Å². The maximum absolute atomic E-state index is 12.2. The Hall–Kier alpha value is -2.40. The second kappa shape index (κ2) is 6.37. The highest BCUT2D eigenvalue weighted by atomic mass is 35.5. The first-order valence-electron chi connectivity index (χ1n) is 6.13. The molecule has 5 nitrogen and oxygen atoms in total. The summed E-state index contributed by atoms with van der Waals surface area (Å²) in [6.07, 6.45) is 0. The Bertz CT molecular complexity index is 674. The zero-order chi connectivity index (χ0) is 15.4. The molecule has 0 saturated heterocycles. The van der Waals surface area contributed by atoms with E-state index >= 15 is 0 Å². The molecular weight excluding hydrogens is 292 g/mol. The van der Waals surface area contributed by atoms with Crippen LogP contribution in [0.5, 0.6) is 11.5 Å². The number of nitrogens with one attached hydrogen (secondary N) is 1. The molecule has 0 fully saturated rings. The molecule has 0 aliphatic heterocycles. The van der Waals surface area contributed by atoms with Crippen molar-refractivity contribution in [3.05, 3.63) is 47.0 Å². The van der Waals surface area contributed by atoms with Crippen LogP contribution in [0, 0.1) is 0 Å². The summed E-state index contributed by atoms with van der Waals surface area (Å²) >= 11 is 6.12. The van der Waals surface area contributed by atoms with Gasteiger partial charge < -0.3 is 20.5 Å². The van der Waals surface area contributed by atoms with Crippen molar-refractivity contribution in [1.29, 1.82) is 0 Å². The zero-order valence-corrected chi connectivity index (χ0v) is 12.4. The van der Waals surface area contributed by atoms with E-state index in [4.69, 9.17) is 26.8 Å². The summed E-state index contributed by atoms with van der Waals surface area (Å²) in [5.74, 6) is 0.658. The van der Waals surface area contributed by atoms with Gasteiger partial charge in [-0.3, -0.25) is 4.79 Å². The van der Waals surface area contributed by atoms with Crippen molar-refractivity contribution < 1.29 is 14.3 Å². The van der Waals surface area contributed by atoms with Gasteiger partial charge in [0.15, 0.2) is 11.5 Å². The summed E-state index contributed by atoms with van der Waals surface area (Å²) in [5, 5.41) is 3.07. The quantitative estimate of drug-likeness (QED) is 0.851. The highest BCUT2D eigenvalue weighted by molar-refractivity contribution is 6.34. The molecule has 0 heterocycles. The first-order valence-corrected chi connectivity index (χ1v) is 6.51. The molecule has 0 unspecified atom stereocenters. The smallest absolute Gasteiger partial charge is 0.255 e. The van der Waals surface area contributed by atoms with E-state index < -0.39 is 0 Å². The number of rotatable bonds is 4. The molecule has 0 aliphatic rings. The van der Waals surface area contributed by atoms with Crippen LogP contribution in [0.4, 0.5) is 11.4 Å². The maximum Gasteiger partial charge on any atom is 0.255 e.